The van der Waals surface area contributed by atoms with Gasteiger partial charge in [0.2, 0.25) is 0 Å². The highest BCUT2D eigenvalue weighted by atomic mass is 35.5. The molecule has 26 heavy (non-hydrogen) atoms. The summed E-state index contributed by atoms with van der Waals surface area (Å²) in [5, 5.41) is 12.5. The third kappa shape index (κ3) is 4.15. The van der Waals surface area contributed by atoms with Gasteiger partial charge in [0, 0.05) is 11.1 Å². The van der Waals surface area contributed by atoms with Gasteiger partial charge in [-0.3, -0.25) is 4.79 Å². The van der Waals surface area contributed by atoms with E-state index in [0.717, 1.165) is 5.39 Å². The molecule has 0 atom stereocenters. The van der Waals surface area contributed by atoms with E-state index >= 15 is 0 Å². The molecule has 2 aromatic carbocycles. The van der Waals surface area contributed by atoms with Crippen molar-refractivity contribution in [2.24, 2.45) is 0 Å². The molecule has 0 spiro atoms. The molecule has 0 radical (unpaired) electrons. The number of benzene rings is 2. The number of fused-ring (bicyclic) bond motifs is 1. The van der Waals surface area contributed by atoms with Crippen LogP contribution in [0.4, 0.5) is 5.69 Å². The molecule has 0 saturated heterocycles. The highest BCUT2D eigenvalue weighted by Gasteiger charge is 2.11. The number of hydrogen-bond acceptors (Lipinski definition) is 5. The number of amides is 1. The van der Waals surface area contributed by atoms with Crippen molar-refractivity contribution in [1.82, 2.24) is 4.98 Å². The van der Waals surface area contributed by atoms with Crippen LogP contribution in [0, 0.1) is 11.3 Å². The van der Waals surface area contributed by atoms with Gasteiger partial charge in [-0.1, -0.05) is 17.7 Å². The van der Waals surface area contributed by atoms with Gasteiger partial charge in [0.15, 0.2) is 6.61 Å². The number of carbonyl (C=O) groups is 2. The van der Waals surface area contributed by atoms with E-state index < -0.39 is 18.5 Å². The molecule has 1 amide bonds. The molecule has 3 rings (SSSR count). The molecule has 6 nitrogen and oxygen atoms in total. The van der Waals surface area contributed by atoms with Crippen LogP contribution < -0.4 is 5.32 Å². The second-order valence-electron chi connectivity index (χ2n) is 5.36. The molecule has 0 aliphatic carbocycles. The van der Waals surface area contributed by atoms with Crippen molar-refractivity contribution in [3.8, 4) is 6.07 Å². The van der Waals surface area contributed by atoms with Crippen molar-refractivity contribution in [3.05, 3.63) is 70.9 Å². The number of ether oxygens (including phenoxy) is 1. The number of rotatable bonds is 4. The maximum atomic E-state index is 12.1. The number of pyridine rings is 1. The van der Waals surface area contributed by atoms with E-state index in [0.29, 0.717) is 27.5 Å². The molecule has 0 aliphatic rings. The van der Waals surface area contributed by atoms with Crippen LogP contribution in [-0.2, 0) is 9.53 Å². The van der Waals surface area contributed by atoms with Crippen molar-refractivity contribution in [2.75, 3.05) is 11.9 Å². The maximum absolute atomic E-state index is 12.1. The van der Waals surface area contributed by atoms with E-state index in [9.17, 15) is 9.59 Å². The molecule has 128 valence electrons. The zero-order valence-electron chi connectivity index (χ0n) is 13.4. The molecule has 1 heterocycles. The van der Waals surface area contributed by atoms with Gasteiger partial charge >= 0.3 is 5.97 Å². The summed E-state index contributed by atoms with van der Waals surface area (Å²) in [7, 11) is 0. The maximum Gasteiger partial charge on any atom is 0.338 e. The zero-order valence-corrected chi connectivity index (χ0v) is 14.2. The van der Waals surface area contributed by atoms with Crippen LogP contribution >= 0.6 is 11.6 Å². The largest absolute Gasteiger partial charge is 0.452 e. The standard InChI is InChI=1S/C19H12ClN3O3/c20-17-7-5-13-9-14(4-6-16(13)23-17)19(25)26-11-18(24)22-15-3-1-2-12(8-15)10-21/h1-9H,11H2,(H,22,24). The Hall–Kier alpha value is -3.43. The van der Waals surface area contributed by atoms with E-state index in [4.69, 9.17) is 21.6 Å². The Bertz CT molecular complexity index is 1040. The van der Waals surface area contributed by atoms with Crippen molar-refractivity contribution in [3.63, 3.8) is 0 Å². The number of nitriles is 1. The first-order chi connectivity index (χ1) is 12.5. The predicted molar refractivity (Wildman–Crippen MR) is 96.8 cm³/mol. The highest BCUT2D eigenvalue weighted by Crippen LogP contribution is 2.17. The minimum absolute atomic E-state index is 0.306. The second-order valence-corrected chi connectivity index (χ2v) is 5.75. The van der Waals surface area contributed by atoms with Gasteiger partial charge in [0.1, 0.15) is 5.15 Å². The Balaban J connectivity index is 1.62. The average Bonchev–Trinajstić information content (AvgIpc) is 2.65. The Morgan fingerprint density at radius 3 is 2.81 bits per heavy atom. The summed E-state index contributed by atoms with van der Waals surface area (Å²) in [6, 6.07) is 16.6. The molecule has 0 fully saturated rings. The van der Waals surface area contributed by atoms with Gasteiger partial charge in [-0.2, -0.15) is 5.26 Å². The number of esters is 1. The normalized spacial score (nSPS) is 10.2. The fourth-order valence-corrected chi connectivity index (χ4v) is 2.46. The molecule has 0 unspecified atom stereocenters. The van der Waals surface area contributed by atoms with Crippen molar-refractivity contribution in [2.45, 2.75) is 0 Å². The Morgan fingerprint density at radius 1 is 1.15 bits per heavy atom. The second kappa shape index (κ2) is 7.64. The monoisotopic (exact) mass is 365 g/mol. The third-order valence-electron chi connectivity index (χ3n) is 3.50. The number of carbonyl (C=O) groups excluding carboxylic acids is 2. The summed E-state index contributed by atoms with van der Waals surface area (Å²) in [6.45, 7) is -0.438. The van der Waals surface area contributed by atoms with Gasteiger partial charge in [-0.15, -0.1) is 0 Å². The molecule has 1 aromatic heterocycles. The van der Waals surface area contributed by atoms with Crippen LogP contribution in [0.2, 0.25) is 5.15 Å². The van der Waals surface area contributed by atoms with E-state index in [-0.39, 0.29) is 0 Å². The first-order valence-electron chi connectivity index (χ1n) is 7.58. The first kappa shape index (κ1) is 17.4. The lowest BCUT2D eigenvalue weighted by Gasteiger charge is -2.07. The average molecular weight is 366 g/mol. The summed E-state index contributed by atoms with van der Waals surface area (Å²) in [6.07, 6.45) is 0. The third-order valence-corrected chi connectivity index (χ3v) is 3.71. The summed E-state index contributed by atoms with van der Waals surface area (Å²) in [5.41, 5.74) is 1.84. The predicted octanol–water partition coefficient (Wildman–Crippen LogP) is 3.56. The number of hydrogen-bond donors (Lipinski definition) is 1. The molecular formula is C19H12ClN3O3. The number of anilines is 1. The zero-order chi connectivity index (χ0) is 18.5. The fourth-order valence-electron chi connectivity index (χ4n) is 2.31. The summed E-state index contributed by atoms with van der Waals surface area (Å²) in [5.74, 6) is -1.12. The van der Waals surface area contributed by atoms with Crippen LogP contribution in [0.3, 0.4) is 0 Å². The lowest BCUT2D eigenvalue weighted by molar-refractivity contribution is -0.119. The van der Waals surface area contributed by atoms with E-state index in [1.54, 1.807) is 48.5 Å². The molecular weight excluding hydrogens is 354 g/mol. The van der Waals surface area contributed by atoms with E-state index in [1.165, 1.54) is 6.07 Å². The number of nitrogens with zero attached hydrogens (tertiary/aromatic N) is 2. The SMILES string of the molecule is N#Cc1cccc(NC(=O)COC(=O)c2ccc3nc(Cl)ccc3c2)c1. The minimum atomic E-state index is -0.622. The van der Waals surface area contributed by atoms with Crippen molar-refractivity contribution < 1.29 is 14.3 Å². The Kier molecular flexibility index (Phi) is 5.11. The molecule has 0 bridgehead atoms. The fraction of sp³-hybridized carbons (Fsp3) is 0.0526. The van der Waals surface area contributed by atoms with E-state index in [1.807, 2.05) is 6.07 Å². The lowest BCUT2D eigenvalue weighted by atomic mass is 10.1. The van der Waals surface area contributed by atoms with Gasteiger partial charge in [-0.25, -0.2) is 9.78 Å². The van der Waals surface area contributed by atoms with Gasteiger partial charge in [0.25, 0.3) is 5.91 Å². The van der Waals surface area contributed by atoms with Gasteiger partial charge in [-0.05, 0) is 48.5 Å². The Labute approximate surface area is 154 Å². The quantitative estimate of drug-likeness (QED) is 0.563. The van der Waals surface area contributed by atoms with Crippen molar-refractivity contribution in [1.29, 1.82) is 5.26 Å². The minimum Gasteiger partial charge on any atom is -0.452 e. The first-order valence-corrected chi connectivity index (χ1v) is 7.96. The summed E-state index contributed by atoms with van der Waals surface area (Å²) >= 11 is 5.83. The smallest absolute Gasteiger partial charge is 0.338 e. The highest BCUT2D eigenvalue weighted by molar-refractivity contribution is 6.29. The summed E-state index contributed by atoms with van der Waals surface area (Å²) < 4.78 is 5.03. The van der Waals surface area contributed by atoms with E-state index in [2.05, 4.69) is 10.3 Å². The van der Waals surface area contributed by atoms with Crippen LogP contribution in [0.15, 0.2) is 54.6 Å². The molecule has 0 aliphatic heterocycles. The van der Waals surface area contributed by atoms with Gasteiger partial charge < -0.3 is 10.1 Å². The summed E-state index contributed by atoms with van der Waals surface area (Å²) in [4.78, 5) is 28.2. The lowest BCUT2D eigenvalue weighted by Crippen LogP contribution is -2.21. The Morgan fingerprint density at radius 2 is 2.00 bits per heavy atom. The topological polar surface area (TPSA) is 92.1 Å². The number of aromatic nitrogens is 1. The van der Waals surface area contributed by atoms with Crippen LogP contribution in [0.5, 0.6) is 0 Å². The van der Waals surface area contributed by atoms with Crippen LogP contribution in [0.25, 0.3) is 10.9 Å². The van der Waals surface area contributed by atoms with Crippen LogP contribution in [-0.4, -0.2) is 23.5 Å². The molecule has 3 aromatic rings. The molecule has 7 heteroatoms. The van der Waals surface area contributed by atoms with Gasteiger partial charge in [0.05, 0.1) is 22.7 Å². The number of halogens is 1. The number of nitrogens with one attached hydrogen (secondary N) is 1. The van der Waals surface area contributed by atoms with Crippen LogP contribution in [0.1, 0.15) is 15.9 Å². The molecule has 0 saturated carbocycles. The molecule has 1 N–H and O–H groups in total. The van der Waals surface area contributed by atoms with Crippen molar-refractivity contribution >= 4 is 40.1 Å².